The van der Waals surface area contributed by atoms with Crippen LogP contribution in [0.1, 0.15) is 13.8 Å². The number of rotatable bonds is 4. The van der Waals surface area contributed by atoms with Crippen molar-refractivity contribution in [3.63, 3.8) is 0 Å². The second kappa shape index (κ2) is 3.73. The minimum Gasteiger partial charge on any atom is -0.259 e. The van der Waals surface area contributed by atoms with Crippen molar-refractivity contribution in [3.8, 4) is 0 Å². The summed E-state index contributed by atoms with van der Waals surface area (Å²) in [6.45, 7) is 7.42. The Morgan fingerprint density at radius 3 is 2.30 bits per heavy atom. The van der Waals surface area contributed by atoms with E-state index in [4.69, 9.17) is 0 Å². The summed E-state index contributed by atoms with van der Waals surface area (Å²) < 4.78 is 25.9. The van der Waals surface area contributed by atoms with Gasteiger partial charge >= 0.3 is 0 Å². The van der Waals surface area contributed by atoms with Crippen LogP contribution in [0.5, 0.6) is 0 Å². The Kier molecular flexibility index (Phi) is 3.60. The smallest absolute Gasteiger partial charge is 0.259 e. The minimum absolute atomic E-state index is 0.510. The molecule has 0 rings (SSSR count). The molecule has 0 saturated heterocycles. The Morgan fingerprint density at radius 1 is 1.50 bits per heavy atom. The molecular weight excluding hydrogens is 152 g/mol. The van der Waals surface area contributed by atoms with Gasteiger partial charge in [-0.1, -0.05) is 6.08 Å². The van der Waals surface area contributed by atoms with Gasteiger partial charge in [0.15, 0.2) is 0 Å². The first kappa shape index (κ1) is 9.65. The molecule has 4 heteroatoms. The zero-order valence-electron chi connectivity index (χ0n) is 6.07. The molecule has 0 bridgehead atoms. The van der Waals surface area contributed by atoms with Crippen molar-refractivity contribution in [2.24, 2.45) is 0 Å². The highest BCUT2D eigenvalue weighted by molar-refractivity contribution is 7.87. The molecule has 0 saturated carbocycles. The predicted molar refractivity (Wildman–Crippen MR) is 39.6 cm³/mol. The molecule has 0 unspecified atom stereocenters. The minimum atomic E-state index is -3.39. The Balaban J connectivity index is 4.02. The monoisotopic (exact) mass is 163 g/mol. The quantitative estimate of drug-likeness (QED) is 0.583. The van der Waals surface area contributed by atoms with Gasteiger partial charge in [0.1, 0.15) is 6.61 Å². The zero-order chi connectivity index (χ0) is 8.20. The van der Waals surface area contributed by atoms with E-state index >= 15 is 0 Å². The molecule has 0 aliphatic carbocycles. The Bertz CT molecular complexity index is 191. The van der Waals surface area contributed by atoms with E-state index in [1.807, 2.05) is 0 Å². The molecular formula is C6H11O3S. The Labute approximate surface area is 61.8 Å². The third-order valence-electron chi connectivity index (χ3n) is 0.863. The highest BCUT2D eigenvalue weighted by Crippen LogP contribution is 2.03. The molecule has 10 heavy (non-hydrogen) atoms. The lowest BCUT2D eigenvalue weighted by molar-refractivity contribution is 0.405. The summed E-state index contributed by atoms with van der Waals surface area (Å²) >= 11 is 0. The van der Waals surface area contributed by atoms with Gasteiger partial charge in [0.25, 0.3) is 10.1 Å². The van der Waals surface area contributed by atoms with Gasteiger partial charge in [-0.25, -0.2) is 0 Å². The summed E-state index contributed by atoms with van der Waals surface area (Å²) in [5.41, 5.74) is 0. The van der Waals surface area contributed by atoms with Gasteiger partial charge in [0.2, 0.25) is 0 Å². The van der Waals surface area contributed by atoms with Gasteiger partial charge in [-0.3, -0.25) is 4.18 Å². The lowest BCUT2D eigenvalue weighted by Gasteiger charge is -2.04. The van der Waals surface area contributed by atoms with Gasteiger partial charge in [0.05, 0.1) is 5.25 Å². The summed E-state index contributed by atoms with van der Waals surface area (Å²) in [5, 5.41) is -0.510. The largest absolute Gasteiger partial charge is 0.270 e. The molecule has 0 atom stereocenters. The van der Waals surface area contributed by atoms with Crippen LogP contribution >= 0.6 is 0 Å². The summed E-state index contributed by atoms with van der Waals surface area (Å²) in [6, 6.07) is 0. The molecule has 0 aromatic carbocycles. The molecule has 0 N–H and O–H groups in total. The van der Waals surface area contributed by atoms with Crippen LogP contribution in [0.4, 0.5) is 0 Å². The van der Waals surface area contributed by atoms with E-state index in [0.29, 0.717) is 0 Å². The molecule has 3 nitrogen and oxygen atoms in total. The average Bonchev–Trinajstić information content (AvgIpc) is 1.84. The summed E-state index contributed by atoms with van der Waals surface area (Å²) in [7, 11) is -3.39. The molecule has 0 aromatic heterocycles. The first-order chi connectivity index (χ1) is 4.50. The predicted octanol–water partition coefficient (Wildman–Crippen LogP) is 1.09. The van der Waals surface area contributed by atoms with E-state index in [9.17, 15) is 8.42 Å². The third-order valence-corrected chi connectivity index (χ3v) is 2.40. The molecule has 0 spiro atoms. The lowest BCUT2D eigenvalue weighted by Crippen LogP contribution is -2.15. The van der Waals surface area contributed by atoms with Crippen LogP contribution in [0.25, 0.3) is 0 Å². The first-order valence-electron chi connectivity index (χ1n) is 2.87. The van der Waals surface area contributed by atoms with Crippen molar-refractivity contribution in [3.05, 3.63) is 19.3 Å². The number of hydrogen-bond acceptors (Lipinski definition) is 3. The number of hydrogen-bond donors (Lipinski definition) is 0. The first-order valence-corrected chi connectivity index (χ1v) is 4.34. The maximum Gasteiger partial charge on any atom is 0.270 e. The molecule has 59 valence electrons. The molecule has 0 fully saturated rings. The fourth-order valence-corrected chi connectivity index (χ4v) is 0.683. The van der Waals surface area contributed by atoms with Crippen molar-refractivity contribution in [1.82, 2.24) is 0 Å². The summed E-state index contributed by atoms with van der Waals surface area (Å²) in [5.74, 6) is 0. The van der Waals surface area contributed by atoms with Crippen molar-refractivity contribution >= 4 is 10.1 Å². The normalized spacial score (nSPS) is 11.9. The highest BCUT2D eigenvalue weighted by atomic mass is 32.2. The lowest BCUT2D eigenvalue weighted by atomic mass is 10.6. The standard InChI is InChI=1S/C6H11O3S/c1-4-5-9-10(7,8)6(2)3/h4-6H,1H2,2-3H3. The van der Waals surface area contributed by atoms with Gasteiger partial charge in [-0.15, -0.1) is 6.58 Å². The zero-order valence-corrected chi connectivity index (χ0v) is 6.89. The van der Waals surface area contributed by atoms with Gasteiger partial charge < -0.3 is 0 Å². The van der Waals surface area contributed by atoms with E-state index in [1.165, 1.54) is 6.08 Å². The maximum absolute atomic E-state index is 10.8. The van der Waals surface area contributed by atoms with Crippen LogP contribution in [-0.4, -0.2) is 13.7 Å². The van der Waals surface area contributed by atoms with E-state index in [2.05, 4.69) is 10.8 Å². The fourth-order valence-electron chi connectivity index (χ4n) is 0.228. The second-order valence-corrected chi connectivity index (χ2v) is 4.13. The fraction of sp³-hybridized carbons (Fsp3) is 0.500. The molecule has 0 amide bonds. The molecule has 0 aliphatic heterocycles. The highest BCUT2D eigenvalue weighted by Gasteiger charge is 2.15. The Hall–Kier alpha value is -0.350. The molecule has 0 aliphatic rings. The van der Waals surface area contributed by atoms with Crippen molar-refractivity contribution < 1.29 is 12.6 Å². The van der Waals surface area contributed by atoms with E-state index in [-0.39, 0.29) is 0 Å². The average molecular weight is 163 g/mol. The van der Waals surface area contributed by atoms with E-state index < -0.39 is 15.4 Å². The van der Waals surface area contributed by atoms with Crippen LogP contribution in [-0.2, 0) is 14.3 Å². The topological polar surface area (TPSA) is 43.4 Å². The summed E-state index contributed by atoms with van der Waals surface area (Å²) in [6.07, 6.45) is 1.28. The van der Waals surface area contributed by atoms with E-state index in [1.54, 1.807) is 13.8 Å². The van der Waals surface area contributed by atoms with Gasteiger partial charge in [-0.2, -0.15) is 8.42 Å². The molecule has 0 aromatic rings. The van der Waals surface area contributed by atoms with Crippen LogP contribution in [0.2, 0.25) is 0 Å². The Morgan fingerprint density at radius 2 is 2.00 bits per heavy atom. The van der Waals surface area contributed by atoms with Crippen LogP contribution < -0.4 is 0 Å². The van der Waals surface area contributed by atoms with Crippen LogP contribution in [0.15, 0.2) is 12.7 Å². The maximum atomic E-state index is 10.8. The molecule has 0 heterocycles. The third kappa shape index (κ3) is 2.98. The van der Waals surface area contributed by atoms with Crippen LogP contribution in [0, 0.1) is 6.61 Å². The van der Waals surface area contributed by atoms with Gasteiger partial charge in [-0.05, 0) is 13.8 Å². The molecule has 1 radical (unpaired) electrons. The van der Waals surface area contributed by atoms with Crippen molar-refractivity contribution in [2.45, 2.75) is 19.1 Å². The van der Waals surface area contributed by atoms with Crippen molar-refractivity contribution in [2.75, 3.05) is 0 Å². The van der Waals surface area contributed by atoms with Crippen LogP contribution in [0.3, 0.4) is 0 Å². The second-order valence-electron chi connectivity index (χ2n) is 2.01. The van der Waals surface area contributed by atoms with Crippen molar-refractivity contribution in [1.29, 1.82) is 0 Å². The SMILES string of the molecule is C=C[CH]OS(=O)(=O)C(C)C. The van der Waals surface area contributed by atoms with Gasteiger partial charge in [0, 0.05) is 0 Å². The van der Waals surface area contributed by atoms with E-state index in [0.717, 1.165) is 6.61 Å². The summed E-state index contributed by atoms with van der Waals surface area (Å²) in [4.78, 5) is 0.